The second-order valence-corrected chi connectivity index (χ2v) is 5.55. The molecule has 2 heterocycles. The number of carboxylic acid groups (broad SMARTS) is 1. The van der Waals surface area contributed by atoms with Gasteiger partial charge in [-0.2, -0.15) is 0 Å². The number of hydrogen-bond donors (Lipinski definition) is 1. The van der Waals surface area contributed by atoms with E-state index in [1.54, 1.807) is 18.2 Å². The fourth-order valence-electron chi connectivity index (χ4n) is 3.20. The number of aromatic nitrogens is 1. The molecule has 2 aromatic rings. The van der Waals surface area contributed by atoms with Gasteiger partial charge in [0.05, 0.1) is 11.6 Å². The van der Waals surface area contributed by atoms with E-state index < -0.39 is 5.97 Å². The number of carbonyl (C=O) groups is 2. The third-order valence-corrected chi connectivity index (χ3v) is 4.51. The lowest BCUT2D eigenvalue weighted by atomic mass is 10.1. The first kappa shape index (κ1) is 13.7. The van der Waals surface area contributed by atoms with Gasteiger partial charge < -0.3 is 14.6 Å². The Bertz CT molecular complexity index is 747. The number of fused-ring (bicyclic) bond motifs is 3. The molecule has 0 saturated heterocycles. The fourth-order valence-corrected chi connectivity index (χ4v) is 3.20. The van der Waals surface area contributed by atoms with Gasteiger partial charge in [0.25, 0.3) is 5.91 Å². The van der Waals surface area contributed by atoms with Crippen LogP contribution in [0, 0.1) is 0 Å². The summed E-state index contributed by atoms with van der Waals surface area (Å²) in [6, 6.07) is 7.05. The summed E-state index contributed by atoms with van der Waals surface area (Å²) in [6.45, 7) is 6.74. The van der Waals surface area contributed by atoms with E-state index in [-0.39, 0.29) is 23.6 Å². The van der Waals surface area contributed by atoms with Crippen LogP contribution in [0.15, 0.2) is 24.3 Å². The Kier molecular flexibility index (Phi) is 3.01. The maximum atomic E-state index is 12.6. The molecule has 110 valence electrons. The van der Waals surface area contributed by atoms with Crippen molar-refractivity contribution < 1.29 is 14.7 Å². The molecular weight excluding hydrogens is 268 g/mol. The van der Waals surface area contributed by atoms with Gasteiger partial charge in [-0.3, -0.25) is 4.79 Å². The number of aromatic carboxylic acids is 1. The molecule has 0 spiro atoms. The van der Waals surface area contributed by atoms with Gasteiger partial charge in [-0.1, -0.05) is 6.07 Å². The van der Waals surface area contributed by atoms with Crippen molar-refractivity contribution in [3.05, 3.63) is 35.5 Å². The molecule has 1 aliphatic heterocycles. The second kappa shape index (κ2) is 4.62. The molecule has 5 nitrogen and oxygen atoms in total. The number of benzene rings is 1. The Morgan fingerprint density at radius 3 is 2.57 bits per heavy atom. The normalized spacial score (nSPS) is 21.7. The van der Waals surface area contributed by atoms with Gasteiger partial charge in [0.1, 0.15) is 5.69 Å². The lowest BCUT2D eigenvalue weighted by Gasteiger charge is -2.39. The molecule has 0 saturated carbocycles. The van der Waals surface area contributed by atoms with E-state index in [1.807, 2.05) is 29.4 Å². The maximum Gasteiger partial charge on any atom is 0.335 e. The van der Waals surface area contributed by atoms with Gasteiger partial charge in [0, 0.05) is 23.5 Å². The van der Waals surface area contributed by atoms with E-state index in [4.69, 9.17) is 5.11 Å². The van der Waals surface area contributed by atoms with Crippen LogP contribution in [0.2, 0.25) is 0 Å². The van der Waals surface area contributed by atoms with Crippen molar-refractivity contribution in [2.45, 2.75) is 32.9 Å². The van der Waals surface area contributed by atoms with E-state index in [0.717, 1.165) is 10.9 Å². The zero-order chi connectivity index (χ0) is 15.3. The van der Waals surface area contributed by atoms with Crippen molar-refractivity contribution in [3.8, 4) is 0 Å². The summed E-state index contributed by atoms with van der Waals surface area (Å²) in [5.41, 5.74) is 1.70. The van der Waals surface area contributed by atoms with Crippen molar-refractivity contribution in [2.75, 3.05) is 6.54 Å². The summed E-state index contributed by atoms with van der Waals surface area (Å²) in [7, 11) is 0. The van der Waals surface area contributed by atoms with Crippen LogP contribution in [0.5, 0.6) is 0 Å². The van der Waals surface area contributed by atoms with Gasteiger partial charge in [0.15, 0.2) is 0 Å². The molecule has 0 aliphatic carbocycles. The summed E-state index contributed by atoms with van der Waals surface area (Å²) in [5.74, 6) is -0.943. The van der Waals surface area contributed by atoms with Crippen molar-refractivity contribution in [2.24, 2.45) is 0 Å². The van der Waals surface area contributed by atoms with E-state index in [0.29, 0.717) is 12.2 Å². The number of hydrogen-bond acceptors (Lipinski definition) is 2. The third kappa shape index (κ3) is 1.84. The van der Waals surface area contributed by atoms with Gasteiger partial charge in [-0.05, 0) is 39.0 Å². The highest BCUT2D eigenvalue weighted by molar-refractivity contribution is 6.01. The Labute approximate surface area is 122 Å². The van der Waals surface area contributed by atoms with Crippen molar-refractivity contribution >= 4 is 22.8 Å². The molecule has 2 atom stereocenters. The lowest BCUT2D eigenvalue weighted by molar-refractivity contribution is 0.0582. The predicted octanol–water partition coefficient (Wildman–Crippen LogP) is 2.76. The lowest BCUT2D eigenvalue weighted by Crippen LogP contribution is -2.48. The minimum atomic E-state index is -0.953. The zero-order valence-corrected chi connectivity index (χ0v) is 12.3. The van der Waals surface area contributed by atoms with Crippen LogP contribution in [-0.2, 0) is 0 Å². The van der Waals surface area contributed by atoms with Crippen LogP contribution in [0.4, 0.5) is 0 Å². The summed E-state index contributed by atoms with van der Waals surface area (Å²) >= 11 is 0. The summed E-state index contributed by atoms with van der Waals surface area (Å²) in [5, 5.41) is 10.1. The molecule has 21 heavy (non-hydrogen) atoms. The largest absolute Gasteiger partial charge is 0.478 e. The van der Waals surface area contributed by atoms with Gasteiger partial charge in [-0.25, -0.2) is 4.79 Å². The third-order valence-electron chi connectivity index (χ3n) is 4.51. The van der Waals surface area contributed by atoms with Crippen LogP contribution < -0.4 is 0 Å². The molecule has 1 amide bonds. The average molecular weight is 286 g/mol. The predicted molar refractivity (Wildman–Crippen MR) is 79.8 cm³/mol. The number of amides is 1. The molecule has 5 heteroatoms. The highest BCUT2D eigenvalue weighted by Crippen LogP contribution is 2.33. The number of likely N-dealkylation sites (N-methyl/N-ethyl adjacent to an activating group) is 1. The van der Waals surface area contributed by atoms with Crippen LogP contribution in [0.25, 0.3) is 10.9 Å². The fraction of sp³-hybridized carbons (Fsp3) is 0.375. The van der Waals surface area contributed by atoms with Gasteiger partial charge in [-0.15, -0.1) is 0 Å². The first-order valence-corrected chi connectivity index (χ1v) is 7.15. The molecule has 1 aromatic carbocycles. The Morgan fingerprint density at radius 1 is 1.24 bits per heavy atom. The minimum absolute atomic E-state index is 0.0103. The number of nitrogens with zero attached hydrogens (tertiary/aromatic N) is 2. The SMILES string of the molecule is CCN1C(=O)c2cc3ccc(C(=O)O)cc3n2[C@H](C)[C@@H]1C. The number of carbonyl (C=O) groups excluding carboxylic acids is 1. The molecule has 0 bridgehead atoms. The monoisotopic (exact) mass is 286 g/mol. The number of rotatable bonds is 2. The van der Waals surface area contributed by atoms with Crippen LogP contribution in [-0.4, -0.2) is 39.0 Å². The molecule has 1 aromatic heterocycles. The summed E-state index contributed by atoms with van der Waals surface area (Å²) in [6.07, 6.45) is 0. The van der Waals surface area contributed by atoms with E-state index in [2.05, 4.69) is 6.92 Å². The molecule has 1 aliphatic rings. The Hall–Kier alpha value is -2.30. The Morgan fingerprint density at radius 2 is 1.95 bits per heavy atom. The second-order valence-electron chi connectivity index (χ2n) is 5.55. The molecule has 0 fully saturated rings. The van der Waals surface area contributed by atoms with Crippen LogP contribution in [0.3, 0.4) is 0 Å². The quantitative estimate of drug-likeness (QED) is 0.923. The zero-order valence-electron chi connectivity index (χ0n) is 12.3. The topological polar surface area (TPSA) is 62.5 Å². The van der Waals surface area contributed by atoms with E-state index >= 15 is 0 Å². The van der Waals surface area contributed by atoms with Gasteiger partial charge >= 0.3 is 5.97 Å². The minimum Gasteiger partial charge on any atom is -0.478 e. The maximum absolute atomic E-state index is 12.6. The van der Waals surface area contributed by atoms with E-state index in [1.165, 1.54) is 0 Å². The molecule has 3 rings (SSSR count). The first-order chi connectivity index (χ1) is 9.95. The van der Waals surface area contributed by atoms with E-state index in [9.17, 15) is 9.59 Å². The summed E-state index contributed by atoms with van der Waals surface area (Å²) in [4.78, 5) is 25.6. The highest BCUT2D eigenvalue weighted by atomic mass is 16.4. The van der Waals surface area contributed by atoms with Crippen molar-refractivity contribution in [1.29, 1.82) is 0 Å². The molecular formula is C16H18N2O3. The highest BCUT2D eigenvalue weighted by Gasteiger charge is 2.35. The smallest absolute Gasteiger partial charge is 0.335 e. The first-order valence-electron chi connectivity index (χ1n) is 7.15. The Balaban J connectivity index is 2.27. The molecule has 1 N–H and O–H groups in total. The molecule has 0 unspecified atom stereocenters. The number of carboxylic acids is 1. The molecule has 0 radical (unpaired) electrons. The standard InChI is InChI=1S/C16H18N2O3/c1-4-17-9(2)10(3)18-13-8-12(16(20)21)6-5-11(13)7-14(18)15(17)19/h5-10H,4H2,1-3H3,(H,20,21)/t9-,10+/m0/s1. The average Bonchev–Trinajstić information content (AvgIpc) is 2.84. The van der Waals surface area contributed by atoms with Crippen LogP contribution >= 0.6 is 0 Å². The van der Waals surface area contributed by atoms with Crippen LogP contribution in [0.1, 0.15) is 47.7 Å². The summed E-state index contributed by atoms with van der Waals surface area (Å²) < 4.78 is 1.97. The van der Waals surface area contributed by atoms with Crippen molar-refractivity contribution in [3.63, 3.8) is 0 Å². The van der Waals surface area contributed by atoms with Crippen molar-refractivity contribution in [1.82, 2.24) is 9.47 Å². The van der Waals surface area contributed by atoms with Gasteiger partial charge in [0.2, 0.25) is 0 Å².